The van der Waals surface area contributed by atoms with Crippen LogP contribution in [0.2, 0.25) is 0 Å². The molecule has 16 heavy (non-hydrogen) atoms. The van der Waals surface area contributed by atoms with Crippen LogP contribution in [0.5, 0.6) is 0 Å². The van der Waals surface area contributed by atoms with Crippen molar-refractivity contribution < 1.29 is 4.79 Å². The number of hydrogen-bond donors (Lipinski definition) is 2. The zero-order valence-corrected chi connectivity index (χ0v) is 9.62. The van der Waals surface area contributed by atoms with Crippen molar-refractivity contribution in [3.63, 3.8) is 0 Å². The number of aromatic amines is 1. The smallest absolute Gasteiger partial charge is 0.273 e. The van der Waals surface area contributed by atoms with Gasteiger partial charge in [0.1, 0.15) is 0 Å². The maximum absolute atomic E-state index is 11.6. The van der Waals surface area contributed by atoms with Gasteiger partial charge in [0.25, 0.3) is 5.91 Å². The Bertz CT molecular complexity index is 437. The highest BCUT2D eigenvalue weighted by Gasteiger charge is 2.12. The Balaban J connectivity index is 1.88. The van der Waals surface area contributed by atoms with Crippen LogP contribution in [0.3, 0.4) is 0 Å². The normalized spacial score (nSPS) is 12.3. The fourth-order valence-corrected chi connectivity index (χ4v) is 2.10. The molecular formula is C10H12N4OS. The summed E-state index contributed by atoms with van der Waals surface area (Å²) in [6, 6.07) is 2.14. The highest BCUT2D eigenvalue weighted by molar-refractivity contribution is 7.07. The second kappa shape index (κ2) is 4.89. The van der Waals surface area contributed by atoms with Crippen molar-refractivity contribution in [2.75, 3.05) is 0 Å². The van der Waals surface area contributed by atoms with Gasteiger partial charge in [-0.1, -0.05) is 0 Å². The van der Waals surface area contributed by atoms with Gasteiger partial charge in [0, 0.05) is 6.04 Å². The summed E-state index contributed by atoms with van der Waals surface area (Å²) in [7, 11) is 0. The van der Waals surface area contributed by atoms with E-state index in [1.807, 2.05) is 12.3 Å². The topological polar surface area (TPSA) is 70.7 Å². The first-order chi connectivity index (χ1) is 7.75. The Labute approximate surface area is 96.9 Å². The maximum Gasteiger partial charge on any atom is 0.273 e. The summed E-state index contributed by atoms with van der Waals surface area (Å²) in [5.41, 5.74) is 1.55. The van der Waals surface area contributed by atoms with E-state index in [1.54, 1.807) is 11.3 Å². The van der Waals surface area contributed by atoms with E-state index in [4.69, 9.17) is 0 Å². The molecule has 1 unspecified atom stereocenters. The molecule has 2 aromatic heterocycles. The molecule has 2 rings (SSSR count). The van der Waals surface area contributed by atoms with Crippen molar-refractivity contribution in [3.05, 3.63) is 34.3 Å². The van der Waals surface area contributed by atoms with Crippen LogP contribution in [0.4, 0.5) is 0 Å². The van der Waals surface area contributed by atoms with Crippen LogP contribution in [0.15, 0.2) is 23.0 Å². The van der Waals surface area contributed by atoms with Crippen molar-refractivity contribution in [2.24, 2.45) is 0 Å². The minimum atomic E-state index is -0.198. The van der Waals surface area contributed by atoms with E-state index in [0.717, 1.165) is 6.42 Å². The summed E-state index contributed by atoms with van der Waals surface area (Å²) in [6.45, 7) is 1.97. The van der Waals surface area contributed by atoms with Crippen LogP contribution in [-0.4, -0.2) is 27.4 Å². The summed E-state index contributed by atoms with van der Waals surface area (Å²) in [5.74, 6) is -0.198. The summed E-state index contributed by atoms with van der Waals surface area (Å²) in [6.07, 6.45) is 2.24. The molecular weight excluding hydrogens is 224 g/mol. The second-order valence-corrected chi connectivity index (χ2v) is 4.35. The third-order valence-electron chi connectivity index (χ3n) is 2.15. The van der Waals surface area contributed by atoms with Crippen molar-refractivity contribution in [1.29, 1.82) is 0 Å². The first-order valence-electron chi connectivity index (χ1n) is 4.93. The third-order valence-corrected chi connectivity index (χ3v) is 2.88. The number of nitrogens with zero attached hydrogens (tertiary/aromatic N) is 2. The molecule has 84 valence electrons. The molecule has 0 aromatic carbocycles. The molecule has 0 radical (unpaired) electrons. The number of rotatable bonds is 4. The van der Waals surface area contributed by atoms with E-state index in [0.29, 0.717) is 5.69 Å². The highest BCUT2D eigenvalue weighted by atomic mass is 32.1. The second-order valence-electron chi connectivity index (χ2n) is 3.57. The largest absolute Gasteiger partial charge is 0.348 e. The lowest BCUT2D eigenvalue weighted by Gasteiger charge is -2.11. The fraction of sp³-hybridized carbons (Fsp3) is 0.300. The molecule has 0 bridgehead atoms. The van der Waals surface area contributed by atoms with E-state index in [-0.39, 0.29) is 11.9 Å². The van der Waals surface area contributed by atoms with Gasteiger partial charge in [-0.25, -0.2) is 0 Å². The van der Waals surface area contributed by atoms with E-state index >= 15 is 0 Å². The Morgan fingerprint density at radius 2 is 2.56 bits per heavy atom. The minimum Gasteiger partial charge on any atom is -0.348 e. The molecule has 2 N–H and O–H groups in total. The third kappa shape index (κ3) is 2.66. The molecule has 0 spiro atoms. The summed E-state index contributed by atoms with van der Waals surface area (Å²) in [4.78, 5) is 11.6. The molecule has 0 fully saturated rings. The van der Waals surface area contributed by atoms with Gasteiger partial charge < -0.3 is 5.32 Å². The van der Waals surface area contributed by atoms with E-state index in [2.05, 4.69) is 32.2 Å². The van der Waals surface area contributed by atoms with Gasteiger partial charge in [0.05, 0.1) is 6.20 Å². The van der Waals surface area contributed by atoms with Crippen molar-refractivity contribution in [3.8, 4) is 0 Å². The Morgan fingerprint density at radius 3 is 3.19 bits per heavy atom. The average molecular weight is 236 g/mol. The lowest BCUT2D eigenvalue weighted by atomic mass is 10.1. The van der Waals surface area contributed by atoms with Gasteiger partial charge in [-0.3, -0.25) is 4.79 Å². The lowest BCUT2D eigenvalue weighted by molar-refractivity contribution is 0.0935. The van der Waals surface area contributed by atoms with Crippen LogP contribution in [-0.2, 0) is 6.42 Å². The number of aromatic nitrogens is 3. The van der Waals surface area contributed by atoms with Gasteiger partial charge in [-0.05, 0) is 35.7 Å². The molecule has 1 amide bonds. The van der Waals surface area contributed by atoms with Crippen LogP contribution >= 0.6 is 11.3 Å². The number of nitrogens with one attached hydrogen (secondary N) is 2. The molecule has 0 saturated carbocycles. The number of carbonyl (C=O) groups excluding carboxylic acids is 1. The highest BCUT2D eigenvalue weighted by Crippen LogP contribution is 2.08. The molecule has 0 saturated heterocycles. The number of amides is 1. The van der Waals surface area contributed by atoms with E-state index in [9.17, 15) is 4.79 Å². The van der Waals surface area contributed by atoms with Gasteiger partial charge in [-0.2, -0.15) is 26.7 Å². The summed E-state index contributed by atoms with van der Waals surface area (Å²) in [5, 5.41) is 16.7. The number of carbonyl (C=O) groups is 1. The predicted octanol–water partition coefficient (Wildman–Crippen LogP) is 1.23. The monoisotopic (exact) mass is 236 g/mol. The zero-order valence-electron chi connectivity index (χ0n) is 8.80. The molecule has 2 aromatic rings. The first kappa shape index (κ1) is 10.8. The predicted molar refractivity (Wildman–Crippen MR) is 61.3 cm³/mol. The van der Waals surface area contributed by atoms with Crippen molar-refractivity contribution >= 4 is 17.2 Å². The lowest BCUT2D eigenvalue weighted by Crippen LogP contribution is -2.34. The van der Waals surface area contributed by atoms with E-state index < -0.39 is 0 Å². The van der Waals surface area contributed by atoms with Crippen molar-refractivity contribution in [2.45, 2.75) is 19.4 Å². The van der Waals surface area contributed by atoms with Crippen LogP contribution in [0.25, 0.3) is 0 Å². The number of thiophene rings is 1. The van der Waals surface area contributed by atoms with Gasteiger partial charge in [-0.15, -0.1) is 0 Å². The quantitative estimate of drug-likeness (QED) is 0.838. The SMILES string of the molecule is CC(Cc1ccsc1)NC(=O)c1cn[nH]n1. The van der Waals surface area contributed by atoms with Gasteiger partial charge in [0.2, 0.25) is 0 Å². The number of hydrogen-bond acceptors (Lipinski definition) is 4. The van der Waals surface area contributed by atoms with Crippen molar-refractivity contribution in [1.82, 2.24) is 20.7 Å². The molecule has 0 aliphatic carbocycles. The molecule has 1 atom stereocenters. The van der Waals surface area contributed by atoms with Gasteiger partial charge >= 0.3 is 0 Å². The van der Waals surface area contributed by atoms with E-state index in [1.165, 1.54) is 11.8 Å². The molecule has 6 heteroatoms. The molecule has 2 heterocycles. The molecule has 5 nitrogen and oxygen atoms in total. The Kier molecular flexibility index (Phi) is 3.31. The first-order valence-corrected chi connectivity index (χ1v) is 5.87. The Hall–Kier alpha value is -1.69. The maximum atomic E-state index is 11.6. The fourth-order valence-electron chi connectivity index (χ4n) is 1.42. The van der Waals surface area contributed by atoms with Crippen LogP contribution in [0.1, 0.15) is 23.0 Å². The van der Waals surface area contributed by atoms with Crippen LogP contribution < -0.4 is 5.32 Å². The summed E-state index contributed by atoms with van der Waals surface area (Å²) < 4.78 is 0. The Morgan fingerprint density at radius 1 is 1.69 bits per heavy atom. The zero-order chi connectivity index (χ0) is 11.4. The standard InChI is InChI=1S/C10H12N4OS/c1-7(4-8-2-3-16-6-8)12-10(15)9-5-11-14-13-9/h2-3,5-7H,4H2,1H3,(H,12,15)(H,11,13,14). The van der Waals surface area contributed by atoms with Crippen LogP contribution in [0, 0.1) is 0 Å². The molecule has 0 aliphatic rings. The minimum absolute atomic E-state index is 0.0822. The van der Waals surface area contributed by atoms with Gasteiger partial charge in [0.15, 0.2) is 5.69 Å². The average Bonchev–Trinajstić information content (AvgIpc) is 2.88. The molecule has 0 aliphatic heterocycles. The summed E-state index contributed by atoms with van der Waals surface area (Å²) >= 11 is 1.66. The number of H-pyrrole nitrogens is 1.